The van der Waals surface area contributed by atoms with Crippen molar-refractivity contribution >= 4 is 34.8 Å². The second-order valence-electron chi connectivity index (χ2n) is 3.85. The van der Waals surface area contributed by atoms with Crippen molar-refractivity contribution in [2.45, 2.75) is 6.54 Å². The number of pyridine rings is 1. The van der Waals surface area contributed by atoms with Crippen LogP contribution in [0.4, 0.5) is 11.6 Å². The summed E-state index contributed by atoms with van der Waals surface area (Å²) in [6, 6.07) is 9.26. The molecule has 0 aliphatic heterocycles. The third kappa shape index (κ3) is 3.22. The highest BCUT2D eigenvalue weighted by molar-refractivity contribution is 6.37. The summed E-state index contributed by atoms with van der Waals surface area (Å²) in [5, 5.41) is 3.88. The van der Waals surface area contributed by atoms with Crippen LogP contribution >= 0.6 is 23.2 Å². The number of halogens is 2. The van der Waals surface area contributed by atoms with Crippen molar-refractivity contribution in [1.29, 1.82) is 0 Å². The Morgan fingerprint density at radius 3 is 2.74 bits per heavy atom. The average Bonchev–Trinajstić information content (AvgIpc) is 2.41. The number of nitrogens with two attached hydrogens (primary N) is 1. The van der Waals surface area contributed by atoms with Crippen LogP contribution < -0.4 is 15.8 Å². The molecule has 0 radical (unpaired) electrons. The third-order valence-corrected chi connectivity index (χ3v) is 3.19. The Hall–Kier alpha value is -1.65. The number of nitrogens with zero attached hydrogens (tertiary/aromatic N) is 1. The molecule has 0 amide bonds. The molecular weight excluding hydrogens is 285 g/mol. The number of ether oxygens (including phenoxy) is 1. The Morgan fingerprint density at radius 1 is 1.26 bits per heavy atom. The summed E-state index contributed by atoms with van der Waals surface area (Å²) in [5.41, 5.74) is 6.64. The summed E-state index contributed by atoms with van der Waals surface area (Å²) in [6.07, 6.45) is 0. The first-order valence-corrected chi connectivity index (χ1v) is 6.34. The molecule has 0 spiro atoms. The fourth-order valence-electron chi connectivity index (χ4n) is 1.63. The lowest BCUT2D eigenvalue weighted by molar-refractivity contribution is 0.410. The predicted molar refractivity (Wildman–Crippen MR) is 79.0 cm³/mol. The fraction of sp³-hybridized carbons (Fsp3) is 0.154. The van der Waals surface area contributed by atoms with Gasteiger partial charge in [-0.1, -0.05) is 41.4 Å². The topological polar surface area (TPSA) is 60.2 Å². The van der Waals surface area contributed by atoms with E-state index in [0.717, 1.165) is 11.3 Å². The molecule has 3 N–H and O–H groups in total. The van der Waals surface area contributed by atoms with E-state index in [1.165, 1.54) is 0 Å². The molecule has 19 heavy (non-hydrogen) atoms. The Balaban J connectivity index is 2.17. The van der Waals surface area contributed by atoms with Crippen molar-refractivity contribution in [3.8, 4) is 5.75 Å². The molecule has 2 rings (SSSR count). The van der Waals surface area contributed by atoms with Gasteiger partial charge in [-0.3, -0.25) is 0 Å². The number of nitrogens with one attached hydrogen (secondary N) is 1. The van der Waals surface area contributed by atoms with Crippen molar-refractivity contribution < 1.29 is 4.74 Å². The highest BCUT2D eigenvalue weighted by Gasteiger charge is 2.08. The molecule has 0 saturated heterocycles. The zero-order valence-corrected chi connectivity index (χ0v) is 11.8. The second-order valence-corrected chi connectivity index (χ2v) is 4.67. The van der Waals surface area contributed by atoms with Crippen molar-refractivity contribution in [1.82, 2.24) is 4.98 Å². The van der Waals surface area contributed by atoms with Gasteiger partial charge in [-0.15, -0.1) is 0 Å². The van der Waals surface area contributed by atoms with Crippen LogP contribution in [0.5, 0.6) is 5.75 Å². The SMILES string of the molecule is COc1ccccc1CNc1nc(N)c(Cl)cc1Cl. The highest BCUT2D eigenvalue weighted by atomic mass is 35.5. The van der Waals surface area contributed by atoms with Crippen LogP contribution in [-0.4, -0.2) is 12.1 Å². The predicted octanol–water partition coefficient (Wildman–Crippen LogP) is 3.59. The molecule has 0 unspecified atom stereocenters. The van der Waals surface area contributed by atoms with Crippen molar-refractivity contribution in [2.75, 3.05) is 18.2 Å². The average molecular weight is 298 g/mol. The van der Waals surface area contributed by atoms with Crippen molar-refractivity contribution in [3.05, 3.63) is 45.9 Å². The third-order valence-electron chi connectivity index (χ3n) is 2.60. The van der Waals surface area contributed by atoms with Gasteiger partial charge in [0.05, 0.1) is 17.2 Å². The van der Waals surface area contributed by atoms with E-state index in [-0.39, 0.29) is 5.82 Å². The number of methoxy groups -OCH3 is 1. The van der Waals surface area contributed by atoms with Crippen LogP contribution in [-0.2, 0) is 6.54 Å². The zero-order valence-electron chi connectivity index (χ0n) is 10.3. The summed E-state index contributed by atoms with van der Waals surface area (Å²) in [7, 11) is 1.63. The van der Waals surface area contributed by atoms with E-state index in [0.29, 0.717) is 22.4 Å². The molecule has 0 bridgehead atoms. The summed E-state index contributed by atoms with van der Waals surface area (Å²) in [5.74, 6) is 1.54. The van der Waals surface area contributed by atoms with Gasteiger partial charge in [-0.25, -0.2) is 4.98 Å². The van der Waals surface area contributed by atoms with E-state index >= 15 is 0 Å². The minimum absolute atomic E-state index is 0.244. The zero-order chi connectivity index (χ0) is 13.8. The molecule has 1 aromatic heterocycles. The lowest BCUT2D eigenvalue weighted by atomic mass is 10.2. The van der Waals surface area contributed by atoms with Crippen LogP contribution in [0, 0.1) is 0 Å². The number of nitrogen functional groups attached to an aromatic ring is 1. The number of hydrogen-bond acceptors (Lipinski definition) is 4. The summed E-state index contributed by atoms with van der Waals surface area (Å²) in [6.45, 7) is 0.526. The smallest absolute Gasteiger partial charge is 0.147 e. The van der Waals surface area contributed by atoms with E-state index in [9.17, 15) is 0 Å². The molecule has 0 saturated carbocycles. The summed E-state index contributed by atoms with van der Waals surface area (Å²) >= 11 is 11.9. The van der Waals surface area contributed by atoms with Gasteiger partial charge >= 0.3 is 0 Å². The lowest BCUT2D eigenvalue weighted by Crippen LogP contribution is -2.05. The van der Waals surface area contributed by atoms with E-state index in [1.807, 2.05) is 24.3 Å². The lowest BCUT2D eigenvalue weighted by Gasteiger charge is -2.11. The Kier molecular flexibility index (Phi) is 4.35. The summed E-state index contributed by atoms with van der Waals surface area (Å²) < 4.78 is 5.27. The first kappa shape index (κ1) is 13.8. The molecule has 0 fully saturated rings. The molecule has 0 aliphatic rings. The van der Waals surface area contributed by atoms with E-state index in [2.05, 4.69) is 10.3 Å². The van der Waals surface area contributed by atoms with Crippen LogP contribution in [0.3, 0.4) is 0 Å². The molecule has 100 valence electrons. The van der Waals surface area contributed by atoms with Gasteiger partial charge < -0.3 is 15.8 Å². The fourth-order valence-corrected chi connectivity index (χ4v) is 2.06. The van der Waals surface area contributed by atoms with Gasteiger partial charge in [0.1, 0.15) is 17.4 Å². The number of para-hydroxylation sites is 1. The van der Waals surface area contributed by atoms with Gasteiger partial charge in [-0.05, 0) is 12.1 Å². The standard InChI is InChI=1S/C13H13Cl2N3O/c1-19-11-5-3-2-4-8(11)7-17-13-10(15)6-9(14)12(16)18-13/h2-6H,7H2,1H3,(H3,16,17,18). The number of rotatable bonds is 4. The Morgan fingerprint density at radius 2 is 2.00 bits per heavy atom. The molecule has 4 nitrogen and oxygen atoms in total. The highest BCUT2D eigenvalue weighted by Crippen LogP contribution is 2.28. The quantitative estimate of drug-likeness (QED) is 0.905. The number of hydrogen-bond donors (Lipinski definition) is 2. The van der Waals surface area contributed by atoms with Gasteiger partial charge in [0.15, 0.2) is 0 Å². The minimum Gasteiger partial charge on any atom is -0.496 e. The Labute approximate surface area is 121 Å². The van der Waals surface area contributed by atoms with Gasteiger partial charge in [0.25, 0.3) is 0 Å². The van der Waals surface area contributed by atoms with E-state index in [1.54, 1.807) is 13.2 Å². The second kappa shape index (κ2) is 5.99. The van der Waals surface area contributed by atoms with Crippen LogP contribution in [0.1, 0.15) is 5.56 Å². The van der Waals surface area contributed by atoms with Crippen molar-refractivity contribution in [3.63, 3.8) is 0 Å². The van der Waals surface area contributed by atoms with E-state index < -0.39 is 0 Å². The maximum Gasteiger partial charge on any atom is 0.147 e. The van der Waals surface area contributed by atoms with Crippen LogP contribution in [0.2, 0.25) is 10.0 Å². The Bertz CT molecular complexity index is 590. The minimum atomic E-state index is 0.244. The number of anilines is 2. The van der Waals surface area contributed by atoms with Crippen LogP contribution in [0.15, 0.2) is 30.3 Å². The number of benzene rings is 1. The maximum absolute atomic E-state index is 6.05. The van der Waals surface area contributed by atoms with Gasteiger partial charge in [0.2, 0.25) is 0 Å². The monoisotopic (exact) mass is 297 g/mol. The molecule has 6 heteroatoms. The van der Waals surface area contributed by atoms with Crippen LogP contribution in [0.25, 0.3) is 0 Å². The van der Waals surface area contributed by atoms with Crippen molar-refractivity contribution in [2.24, 2.45) is 0 Å². The largest absolute Gasteiger partial charge is 0.496 e. The van der Waals surface area contributed by atoms with Gasteiger partial charge in [0, 0.05) is 12.1 Å². The van der Waals surface area contributed by atoms with Gasteiger partial charge in [-0.2, -0.15) is 0 Å². The summed E-state index contributed by atoms with van der Waals surface area (Å²) in [4.78, 5) is 4.10. The molecule has 0 aliphatic carbocycles. The molecule has 1 heterocycles. The maximum atomic E-state index is 6.05. The molecule has 1 aromatic carbocycles. The number of aromatic nitrogens is 1. The molecule has 0 atom stereocenters. The normalized spacial score (nSPS) is 10.3. The first-order valence-electron chi connectivity index (χ1n) is 5.59. The molecular formula is C13H13Cl2N3O. The first-order chi connectivity index (χ1) is 9.11. The molecule has 2 aromatic rings. The van der Waals surface area contributed by atoms with E-state index in [4.69, 9.17) is 33.7 Å².